The average molecular weight is 248 g/mol. The van der Waals surface area contributed by atoms with E-state index in [1.165, 1.54) is 5.56 Å². The molecule has 2 aromatic rings. The minimum absolute atomic E-state index is 0.560. The molecule has 0 fully saturated rings. The van der Waals surface area contributed by atoms with E-state index >= 15 is 0 Å². The smallest absolute Gasteiger partial charge is 0.137 e. The van der Waals surface area contributed by atoms with Crippen LogP contribution in [0.2, 0.25) is 0 Å². The minimum atomic E-state index is 0.560. The fourth-order valence-electron chi connectivity index (χ4n) is 1.74. The van der Waals surface area contributed by atoms with Crippen LogP contribution in [0.3, 0.4) is 0 Å². The summed E-state index contributed by atoms with van der Waals surface area (Å²) in [7, 11) is 2.02. The third kappa shape index (κ3) is 2.55. The van der Waals surface area contributed by atoms with Gasteiger partial charge in [-0.2, -0.15) is 11.3 Å². The Hall–Kier alpha value is -1.62. The first kappa shape index (κ1) is 11.9. The molecule has 0 aliphatic carbocycles. The number of rotatable bonds is 3. The Morgan fingerprint density at radius 3 is 2.76 bits per heavy atom. The van der Waals surface area contributed by atoms with E-state index in [2.05, 4.69) is 31.7 Å². The number of thiophene rings is 1. The van der Waals surface area contributed by atoms with Crippen molar-refractivity contribution in [2.75, 3.05) is 17.7 Å². The Balaban J connectivity index is 2.27. The topological polar surface area (TPSA) is 55.0 Å². The van der Waals surface area contributed by atoms with Crippen LogP contribution in [0.4, 0.5) is 11.6 Å². The summed E-state index contributed by atoms with van der Waals surface area (Å²) < 4.78 is 0. The molecule has 0 radical (unpaired) electrons. The number of aromatic nitrogens is 2. The minimum Gasteiger partial charge on any atom is -0.383 e. The molecule has 2 N–H and O–H groups in total. The van der Waals surface area contributed by atoms with E-state index in [4.69, 9.17) is 5.73 Å². The second-order valence-corrected chi connectivity index (χ2v) is 4.87. The van der Waals surface area contributed by atoms with Gasteiger partial charge >= 0.3 is 0 Å². The number of nitrogens with two attached hydrogens (primary N) is 1. The van der Waals surface area contributed by atoms with Crippen molar-refractivity contribution in [2.45, 2.75) is 20.4 Å². The normalized spacial score (nSPS) is 10.5. The van der Waals surface area contributed by atoms with Crippen LogP contribution in [0.25, 0.3) is 0 Å². The van der Waals surface area contributed by atoms with Crippen molar-refractivity contribution < 1.29 is 0 Å². The summed E-state index contributed by atoms with van der Waals surface area (Å²) in [6.07, 6.45) is 0. The molecule has 0 spiro atoms. The zero-order chi connectivity index (χ0) is 12.4. The van der Waals surface area contributed by atoms with E-state index in [0.717, 1.165) is 17.9 Å². The Morgan fingerprint density at radius 2 is 2.12 bits per heavy atom. The third-order valence-electron chi connectivity index (χ3n) is 2.63. The van der Waals surface area contributed by atoms with Crippen molar-refractivity contribution in [1.82, 2.24) is 9.97 Å². The molecule has 4 nitrogen and oxygen atoms in total. The van der Waals surface area contributed by atoms with Crippen molar-refractivity contribution >= 4 is 23.0 Å². The predicted molar refractivity (Wildman–Crippen MR) is 72.3 cm³/mol. The highest BCUT2D eigenvalue weighted by Crippen LogP contribution is 2.22. The predicted octanol–water partition coefficient (Wildman–Crippen LogP) is 2.37. The molecule has 0 saturated heterocycles. The number of hydrogen-bond donors (Lipinski definition) is 1. The average Bonchev–Trinajstić information content (AvgIpc) is 2.76. The molecular weight excluding hydrogens is 232 g/mol. The van der Waals surface area contributed by atoms with Crippen LogP contribution in [-0.4, -0.2) is 17.0 Å². The van der Waals surface area contributed by atoms with E-state index in [-0.39, 0.29) is 0 Å². The Kier molecular flexibility index (Phi) is 3.28. The van der Waals surface area contributed by atoms with Gasteiger partial charge in [0.1, 0.15) is 17.5 Å². The molecule has 5 heteroatoms. The van der Waals surface area contributed by atoms with Gasteiger partial charge in [-0.1, -0.05) is 0 Å². The van der Waals surface area contributed by atoms with Crippen LogP contribution >= 0.6 is 11.3 Å². The lowest BCUT2D eigenvalue weighted by atomic mass is 10.2. The fraction of sp³-hybridized carbons (Fsp3) is 0.333. The summed E-state index contributed by atoms with van der Waals surface area (Å²) in [5.74, 6) is 2.17. The molecule has 2 rings (SSSR count). The quantitative estimate of drug-likeness (QED) is 0.906. The third-order valence-corrected chi connectivity index (χ3v) is 3.36. The highest BCUT2D eigenvalue weighted by atomic mass is 32.1. The maximum Gasteiger partial charge on any atom is 0.137 e. The molecule has 2 heterocycles. The summed E-state index contributed by atoms with van der Waals surface area (Å²) in [4.78, 5) is 10.7. The van der Waals surface area contributed by atoms with Crippen molar-refractivity contribution in [3.63, 3.8) is 0 Å². The van der Waals surface area contributed by atoms with Gasteiger partial charge in [-0.25, -0.2) is 9.97 Å². The second kappa shape index (κ2) is 4.71. The van der Waals surface area contributed by atoms with Crippen LogP contribution in [-0.2, 0) is 6.54 Å². The van der Waals surface area contributed by atoms with Crippen molar-refractivity contribution in [2.24, 2.45) is 0 Å². The van der Waals surface area contributed by atoms with Gasteiger partial charge in [0.2, 0.25) is 0 Å². The number of hydrogen-bond acceptors (Lipinski definition) is 5. The summed E-state index contributed by atoms with van der Waals surface area (Å²) in [6, 6.07) is 2.12. The molecule has 17 heavy (non-hydrogen) atoms. The van der Waals surface area contributed by atoms with E-state index in [0.29, 0.717) is 11.6 Å². The van der Waals surface area contributed by atoms with Gasteiger partial charge in [-0.3, -0.25) is 0 Å². The molecule has 2 aromatic heterocycles. The van der Waals surface area contributed by atoms with Gasteiger partial charge in [-0.15, -0.1) is 0 Å². The zero-order valence-corrected chi connectivity index (χ0v) is 11.1. The first-order valence-corrected chi connectivity index (χ1v) is 6.35. The molecular formula is C12H16N4S. The van der Waals surface area contributed by atoms with E-state index in [1.807, 2.05) is 20.9 Å². The molecule has 0 amide bonds. The van der Waals surface area contributed by atoms with Gasteiger partial charge < -0.3 is 10.6 Å². The summed E-state index contributed by atoms with van der Waals surface area (Å²) in [5.41, 5.74) is 8.08. The summed E-state index contributed by atoms with van der Waals surface area (Å²) in [5, 5.41) is 4.22. The lowest BCUT2D eigenvalue weighted by Gasteiger charge is -2.20. The maximum atomic E-state index is 5.86. The van der Waals surface area contributed by atoms with E-state index in [9.17, 15) is 0 Å². The molecule has 0 aliphatic heterocycles. The fourth-order valence-corrected chi connectivity index (χ4v) is 2.40. The van der Waals surface area contributed by atoms with Crippen LogP contribution in [0.1, 0.15) is 17.0 Å². The standard InChI is InChI=1S/C12H16N4S/c1-8-11(13)14-9(2)15-12(8)16(3)6-10-4-5-17-7-10/h4-5,7H,6H2,1-3H3,(H2,13,14,15). The summed E-state index contributed by atoms with van der Waals surface area (Å²) >= 11 is 1.70. The maximum absolute atomic E-state index is 5.86. The number of nitrogen functional groups attached to an aromatic ring is 1. The number of nitrogens with zero attached hydrogens (tertiary/aromatic N) is 3. The highest BCUT2D eigenvalue weighted by Gasteiger charge is 2.11. The van der Waals surface area contributed by atoms with Gasteiger partial charge in [0.25, 0.3) is 0 Å². The Morgan fingerprint density at radius 1 is 1.35 bits per heavy atom. The van der Waals surface area contributed by atoms with E-state index in [1.54, 1.807) is 11.3 Å². The summed E-state index contributed by atoms with van der Waals surface area (Å²) in [6.45, 7) is 4.65. The van der Waals surface area contributed by atoms with Gasteiger partial charge in [0.05, 0.1) is 0 Å². The van der Waals surface area contributed by atoms with Crippen molar-refractivity contribution in [3.8, 4) is 0 Å². The van der Waals surface area contributed by atoms with Crippen molar-refractivity contribution in [3.05, 3.63) is 33.8 Å². The zero-order valence-electron chi connectivity index (χ0n) is 10.3. The monoisotopic (exact) mass is 248 g/mol. The lowest BCUT2D eigenvalue weighted by Crippen LogP contribution is -2.20. The molecule has 0 atom stereocenters. The Labute approximate surface area is 105 Å². The van der Waals surface area contributed by atoms with Gasteiger partial charge in [-0.05, 0) is 36.2 Å². The first-order valence-electron chi connectivity index (χ1n) is 5.41. The van der Waals surface area contributed by atoms with Crippen LogP contribution in [0, 0.1) is 13.8 Å². The SMILES string of the molecule is Cc1nc(N)c(C)c(N(C)Cc2ccsc2)n1. The molecule has 0 bridgehead atoms. The number of aryl methyl sites for hydroxylation is 1. The van der Waals surface area contributed by atoms with E-state index < -0.39 is 0 Å². The molecule has 0 aromatic carbocycles. The largest absolute Gasteiger partial charge is 0.383 e. The molecule has 0 unspecified atom stereocenters. The van der Waals surface area contributed by atoms with Crippen LogP contribution in [0.15, 0.2) is 16.8 Å². The van der Waals surface area contributed by atoms with Crippen molar-refractivity contribution in [1.29, 1.82) is 0 Å². The van der Waals surface area contributed by atoms with Gasteiger partial charge in [0.15, 0.2) is 0 Å². The molecule has 90 valence electrons. The molecule has 0 saturated carbocycles. The van der Waals surface area contributed by atoms with Crippen LogP contribution < -0.4 is 10.6 Å². The van der Waals surface area contributed by atoms with Gasteiger partial charge in [0, 0.05) is 19.2 Å². The lowest BCUT2D eigenvalue weighted by molar-refractivity contribution is 0.875. The second-order valence-electron chi connectivity index (χ2n) is 4.09. The molecule has 0 aliphatic rings. The first-order chi connectivity index (χ1) is 8.08. The Bertz CT molecular complexity index is 507. The van der Waals surface area contributed by atoms with Crippen LogP contribution in [0.5, 0.6) is 0 Å². The number of anilines is 2. The highest BCUT2D eigenvalue weighted by molar-refractivity contribution is 7.07.